The summed E-state index contributed by atoms with van der Waals surface area (Å²) in [5.74, 6) is 2.78. The third kappa shape index (κ3) is 2.99. The fourth-order valence-corrected chi connectivity index (χ4v) is 2.30. The average molecular weight is 311 g/mol. The van der Waals surface area contributed by atoms with E-state index in [1.807, 2.05) is 48.5 Å². The van der Waals surface area contributed by atoms with E-state index in [1.165, 1.54) is 0 Å². The second-order valence-electron chi connectivity index (χ2n) is 4.87. The molecule has 5 nitrogen and oxygen atoms in total. The molecule has 0 spiro atoms. The number of ether oxygens (including phenoxy) is 3. The van der Waals surface area contributed by atoms with Crippen molar-refractivity contribution in [1.29, 1.82) is 0 Å². The molecule has 2 aromatic carbocycles. The van der Waals surface area contributed by atoms with E-state index in [-0.39, 0.29) is 0 Å². The van der Waals surface area contributed by atoms with E-state index in [4.69, 9.17) is 18.7 Å². The SMILES string of the molecule is COc1ccc(-c2cc(-c3ccc(OC)c(OC)c3)on2)cc1. The van der Waals surface area contributed by atoms with Crippen molar-refractivity contribution >= 4 is 0 Å². The minimum absolute atomic E-state index is 0.646. The number of methoxy groups -OCH3 is 3. The summed E-state index contributed by atoms with van der Waals surface area (Å²) in [5, 5.41) is 4.13. The van der Waals surface area contributed by atoms with E-state index in [9.17, 15) is 0 Å². The van der Waals surface area contributed by atoms with Gasteiger partial charge in [0.25, 0.3) is 0 Å². The monoisotopic (exact) mass is 311 g/mol. The molecule has 0 saturated heterocycles. The number of nitrogens with zero attached hydrogens (tertiary/aromatic N) is 1. The summed E-state index contributed by atoms with van der Waals surface area (Å²) in [6.07, 6.45) is 0. The predicted octanol–water partition coefficient (Wildman–Crippen LogP) is 4.03. The highest BCUT2D eigenvalue weighted by Crippen LogP contribution is 2.33. The molecule has 0 bridgehead atoms. The van der Waals surface area contributed by atoms with E-state index in [0.717, 1.165) is 22.6 Å². The van der Waals surface area contributed by atoms with Crippen LogP contribution in [-0.4, -0.2) is 26.5 Å². The van der Waals surface area contributed by atoms with E-state index < -0.39 is 0 Å². The van der Waals surface area contributed by atoms with E-state index in [1.54, 1.807) is 21.3 Å². The van der Waals surface area contributed by atoms with Crippen LogP contribution < -0.4 is 14.2 Å². The normalized spacial score (nSPS) is 10.4. The molecule has 0 aliphatic heterocycles. The second kappa shape index (κ2) is 6.44. The molecule has 118 valence electrons. The molecule has 0 amide bonds. The molecule has 0 aliphatic rings. The van der Waals surface area contributed by atoms with E-state index in [0.29, 0.717) is 17.3 Å². The molecule has 0 fully saturated rings. The number of hydrogen-bond acceptors (Lipinski definition) is 5. The fraction of sp³-hybridized carbons (Fsp3) is 0.167. The van der Waals surface area contributed by atoms with Gasteiger partial charge in [0.2, 0.25) is 0 Å². The molecule has 5 heteroatoms. The largest absolute Gasteiger partial charge is 0.497 e. The molecule has 0 aliphatic carbocycles. The van der Waals surface area contributed by atoms with Gasteiger partial charge in [-0.05, 0) is 42.5 Å². The van der Waals surface area contributed by atoms with Crippen LogP contribution >= 0.6 is 0 Å². The van der Waals surface area contributed by atoms with Crippen molar-refractivity contribution in [3.8, 4) is 39.8 Å². The van der Waals surface area contributed by atoms with Crippen LogP contribution in [0.3, 0.4) is 0 Å². The highest BCUT2D eigenvalue weighted by molar-refractivity contribution is 5.69. The topological polar surface area (TPSA) is 53.7 Å². The molecular formula is C18H17NO4. The summed E-state index contributed by atoms with van der Waals surface area (Å²) < 4.78 is 21.2. The fourth-order valence-electron chi connectivity index (χ4n) is 2.30. The van der Waals surface area contributed by atoms with Gasteiger partial charge in [0, 0.05) is 17.2 Å². The van der Waals surface area contributed by atoms with Crippen molar-refractivity contribution in [3.63, 3.8) is 0 Å². The van der Waals surface area contributed by atoms with E-state index in [2.05, 4.69) is 5.16 Å². The Kier molecular flexibility index (Phi) is 4.19. The molecule has 3 rings (SSSR count). The van der Waals surface area contributed by atoms with Crippen molar-refractivity contribution in [1.82, 2.24) is 5.16 Å². The van der Waals surface area contributed by atoms with Gasteiger partial charge in [0.05, 0.1) is 21.3 Å². The lowest BCUT2D eigenvalue weighted by atomic mass is 10.1. The molecule has 0 atom stereocenters. The van der Waals surface area contributed by atoms with Crippen molar-refractivity contribution in [2.24, 2.45) is 0 Å². The first-order valence-corrected chi connectivity index (χ1v) is 7.08. The second-order valence-corrected chi connectivity index (χ2v) is 4.87. The van der Waals surface area contributed by atoms with Gasteiger partial charge in [-0.15, -0.1) is 0 Å². The molecule has 23 heavy (non-hydrogen) atoms. The number of rotatable bonds is 5. The Morgan fingerprint density at radius 2 is 1.43 bits per heavy atom. The highest BCUT2D eigenvalue weighted by atomic mass is 16.5. The maximum atomic E-state index is 5.46. The average Bonchev–Trinajstić information content (AvgIpc) is 3.11. The predicted molar refractivity (Wildman–Crippen MR) is 87.0 cm³/mol. The minimum atomic E-state index is 0.646. The zero-order valence-corrected chi connectivity index (χ0v) is 13.2. The summed E-state index contributed by atoms with van der Waals surface area (Å²) in [7, 11) is 4.85. The summed E-state index contributed by atoms with van der Waals surface area (Å²) in [4.78, 5) is 0. The van der Waals surface area contributed by atoms with Crippen molar-refractivity contribution in [2.45, 2.75) is 0 Å². The molecule has 1 aromatic heterocycles. The molecule has 0 N–H and O–H groups in total. The van der Waals surface area contributed by atoms with Crippen molar-refractivity contribution in [3.05, 3.63) is 48.5 Å². The van der Waals surface area contributed by atoms with E-state index >= 15 is 0 Å². The molecule has 0 radical (unpaired) electrons. The van der Waals surface area contributed by atoms with Crippen LogP contribution in [0.1, 0.15) is 0 Å². The van der Waals surface area contributed by atoms with Crippen LogP contribution in [-0.2, 0) is 0 Å². The van der Waals surface area contributed by atoms with Crippen LogP contribution in [0.5, 0.6) is 17.2 Å². The molecular weight excluding hydrogens is 294 g/mol. The smallest absolute Gasteiger partial charge is 0.167 e. The minimum Gasteiger partial charge on any atom is -0.497 e. The Balaban J connectivity index is 1.92. The van der Waals surface area contributed by atoms with Crippen LogP contribution in [0.15, 0.2) is 53.1 Å². The van der Waals surface area contributed by atoms with Crippen LogP contribution in [0.4, 0.5) is 0 Å². The van der Waals surface area contributed by atoms with Gasteiger partial charge in [-0.2, -0.15) is 0 Å². The Morgan fingerprint density at radius 3 is 2.09 bits per heavy atom. The lowest BCUT2D eigenvalue weighted by Gasteiger charge is -2.07. The zero-order chi connectivity index (χ0) is 16.2. The highest BCUT2D eigenvalue weighted by Gasteiger charge is 2.12. The third-order valence-corrected chi connectivity index (χ3v) is 3.56. The number of benzene rings is 2. The first-order valence-electron chi connectivity index (χ1n) is 7.08. The van der Waals surface area contributed by atoms with Gasteiger partial charge in [-0.3, -0.25) is 0 Å². The molecule has 0 saturated carbocycles. The quantitative estimate of drug-likeness (QED) is 0.712. The van der Waals surface area contributed by atoms with Crippen LogP contribution in [0.2, 0.25) is 0 Å². The number of aromatic nitrogens is 1. The van der Waals surface area contributed by atoms with Gasteiger partial charge in [0.15, 0.2) is 17.3 Å². The lowest BCUT2D eigenvalue weighted by Crippen LogP contribution is -1.90. The Hall–Kier alpha value is -2.95. The van der Waals surface area contributed by atoms with Crippen molar-refractivity contribution in [2.75, 3.05) is 21.3 Å². The van der Waals surface area contributed by atoms with Crippen molar-refractivity contribution < 1.29 is 18.7 Å². The lowest BCUT2D eigenvalue weighted by molar-refractivity contribution is 0.355. The van der Waals surface area contributed by atoms with Gasteiger partial charge in [-0.25, -0.2) is 0 Å². The third-order valence-electron chi connectivity index (χ3n) is 3.56. The van der Waals surface area contributed by atoms with Gasteiger partial charge in [0.1, 0.15) is 11.4 Å². The standard InChI is InChI=1S/C18H17NO4/c1-20-14-7-4-12(5-8-14)15-11-17(23-19-15)13-6-9-16(21-2)18(10-13)22-3/h4-11H,1-3H3. The van der Waals surface area contributed by atoms with Gasteiger partial charge >= 0.3 is 0 Å². The Labute approximate surface area is 134 Å². The first-order chi connectivity index (χ1) is 11.2. The van der Waals surface area contributed by atoms with Crippen LogP contribution in [0, 0.1) is 0 Å². The Bertz CT molecular complexity index is 793. The summed E-state index contributed by atoms with van der Waals surface area (Å²) in [6, 6.07) is 15.1. The molecule has 3 aromatic rings. The zero-order valence-electron chi connectivity index (χ0n) is 13.2. The summed E-state index contributed by atoms with van der Waals surface area (Å²) in [5.41, 5.74) is 2.59. The molecule has 1 heterocycles. The van der Waals surface area contributed by atoms with Crippen LogP contribution in [0.25, 0.3) is 22.6 Å². The van der Waals surface area contributed by atoms with Gasteiger partial charge < -0.3 is 18.7 Å². The summed E-state index contributed by atoms with van der Waals surface area (Å²) in [6.45, 7) is 0. The maximum absolute atomic E-state index is 5.46. The number of hydrogen-bond donors (Lipinski definition) is 0. The first kappa shape index (κ1) is 15.0. The summed E-state index contributed by atoms with van der Waals surface area (Å²) >= 11 is 0. The van der Waals surface area contributed by atoms with Gasteiger partial charge in [-0.1, -0.05) is 5.16 Å². The maximum Gasteiger partial charge on any atom is 0.167 e. The molecule has 0 unspecified atom stereocenters. The Morgan fingerprint density at radius 1 is 0.739 bits per heavy atom.